The van der Waals surface area contributed by atoms with Crippen LogP contribution < -0.4 is 15.4 Å². The molecule has 6 nitrogen and oxygen atoms in total. The van der Waals surface area contributed by atoms with Crippen molar-refractivity contribution in [2.45, 2.75) is 31.3 Å². The highest BCUT2D eigenvalue weighted by atomic mass is 35.5. The van der Waals surface area contributed by atoms with Gasteiger partial charge in [-0.1, -0.05) is 17.7 Å². The quantitative estimate of drug-likeness (QED) is 0.584. The van der Waals surface area contributed by atoms with Gasteiger partial charge in [-0.05, 0) is 55.0 Å². The number of hydrogen-bond donors (Lipinski definition) is 2. The van der Waals surface area contributed by atoms with Gasteiger partial charge in [0.25, 0.3) is 5.91 Å². The van der Waals surface area contributed by atoms with Crippen LogP contribution in [0.25, 0.3) is 22.0 Å². The van der Waals surface area contributed by atoms with Crippen molar-refractivity contribution in [3.63, 3.8) is 0 Å². The number of benzene rings is 2. The molecule has 158 valence electrons. The maximum atomic E-state index is 14.8. The number of ether oxygens (including phenoxy) is 1. The normalized spacial score (nSPS) is 17.9. The van der Waals surface area contributed by atoms with E-state index in [1.54, 1.807) is 30.5 Å². The second-order valence-electron chi connectivity index (χ2n) is 7.31. The smallest absolute Gasteiger partial charge is 0.295 e. The van der Waals surface area contributed by atoms with Gasteiger partial charge in [0.05, 0.1) is 17.6 Å². The number of nitrogens with zero attached hydrogens (tertiary/aromatic N) is 2. The lowest BCUT2D eigenvalue weighted by atomic mass is 10.0. The Bertz CT molecular complexity index is 1190. The molecule has 1 aromatic heterocycles. The lowest BCUT2D eigenvalue weighted by Crippen LogP contribution is -2.43. The van der Waals surface area contributed by atoms with E-state index in [0.717, 1.165) is 24.6 Å². The van der Waals surface area contributed by atoms with Crippen LogP contribution in [0.4, 0.5) is 10.3 Å². The summed E-state index contributed by atoms with van der Waals surface area (Å²) < 4.78 is 19.8. The zero-order valence-electron chi connectivity index (χ0n) is 16.8. The van der Waals surface area contributed by atoms with Gasteiger partial charge in [0.2, 0.25) is 5.95 Å². The van der Waals surface area contributed by atoms with Gasteiger partial charge in [-0.2, -0.15) is 0 Å². The van der Waals surface area contributed by atoms with E-state index in [0.29, 0.717) is 17.0 Å². The Labute approximate surface area is 184 Å². The van der Waals surface area contributed by atoms with Crippen LogP contribution in [0, 0.1) is 18.2 Å². The van der Waals surface area contributed by atoms with Gasteiger partial charge in [-0.25, -0.2) is 14.4 Å². The number of aromatic nitrogens is 2. The standard InChI is InChI=1S/C23H20ClFN4O2/c1-3-20(30)27-17-5-4-6-18(17)29-23-26-12-14-11-13(7-9-16(14)28-23)21-15(24)8-10-19(31-2)22(21)25/h1,7-12,17-18H,4-6H2,2H3,(H,27,30)(H,26,28,29). The number of methoxy groups -OCH3 is 1. The fraction of sp³-hybridized carbons (Fsp3) is 0.261. The van der Waals surface area contributed by atoms with E-state index >= 15 is 0 Å². The average Bonchev–Trinajstić information content (AvgIpc) is 3.20. The van der Waals surface area contributed by atoms with Crippen LogP contribution >= 0.6 is 11.6 Å². The van der Waals surface area contributed by atoms with Crippen LogP contribution in [0.15, 0.2) is 36.5 Å². The SMILES string of the molecule is C#CC(=O)NC1CCCC1Nc1ncc2cc(-c3c(Cl)ccc(OC)c3F)ccc2n1. The number of fused-ring (bicyclic) bond motifs is 1. The first kappa shape index (κ1) is 20.9. The molecular weight excluding hydrogens is 419 g/mol. The molecule has 1 aliphatic rings. The molecule has 0 aliphatic heterocycles. The molecule has 0 radical (unpaired) electrons. The lowest BCUT2D eigenvalue weighted by molar-refractivity contribution is -0.116. The topological polar surface area (TPSA) is 76.1 Å². The molecule has 2 atom stereocenters. The summed E-state index contributed by atoms with van der Waals surface area (Å²) >= 11 is 6.25. The number of rotatable bonds is 5. The molecule has 0 spiro atoms. The first-order chi connectivity index (χ1) is 15.0. The molecule has 31 heavy (non-hydrogen) atoms. The Morgan fingerprint density at radius 3 is 2.87 bits per heavy atom. The van der Waals surface area contributed by atoms with Crippen molar-refractivity contribution < 1.29 is 13.9 Å². The number of halogens is 2. The minimum atomic E-state index is -0.519. The van der Waals surface area contributed by atoms with Gasteiger partial charge in [0.1, 0.15) is 0 Å². The van der Waals surface area contributed by atoms with Gasteiger partial charge in [-0.3, -0.25) is 4.79 Å². The van der Waals surface area contributed by atoms with Crippen molar-refractivity contribution in [3.05, 3.63) is 47.4 Å². The minimum absolute atomic E-state index is 0.00120. The van der Waals surface area contributed by atoms with Gasteiger partial charge in [0.15, 0.2) is 11.6 Å². The summed E-state index contributed by atoms with van der Waals surface area (Å²) in [7, 11) is 1.41. The molecular formula is C23H20ClFN4O2. The third-order valence-corrected chi connectivity index (χ3v) is 5.74. The molecule has 4 rings (SSSR count). The highest BCUT2D eigenvalue weighted by molar-refractivity contribution is 6.33. The summed E-state index contributed by atoms with van der Waals surface area (Å²) in [6.45, 7) is 0. The Morgan fingerprint density at radius 2 is 2.10 bits per heavy atom. The molecule has 1 amide bonds. The average molecular weight is 439 g/mol. The van der Waals surface area contributed by atoms with Crippen molar-refractivity contribution >= 4 is 34.4 Å². The zero-order valence-corrected chi connectivity index (χ0v) is 17.5. The molecule has 2 aromatic carbocycles. The predicted molar refractivity (Wildman–Crippen MR) is 119 cm³/mol. The fourth-order valence-corrected chi connectivity index (χ4v) is 4.15. The molecule has 1 fully saturated rings. The lowest BCUT2D eigenvalue weighted by Gasteiger charge is -2.21. The number of anilines is 1. The number of terminal acetylenes is 1. The minimum Gasteiger partial charge on any atom is -0.494 e. The first-order valence-electron chi connectivity index (χ1n) is 9.83. The molecule has 2 unspecified atom stereocenters. The Kier molecular flexibility index (Phi) is 5.92. The molecule has 0 saturated heterocycles. The number of amides is 1. The van der Waals surface area contributed by atoms with E-state index in [1.165, 1.54) is 13.2 Å². The molecule has 1 saturated carbocycles. The molecule has 8 heteroatoms. The van der Waals surface area contributed by atoms with Gasteiger partial charge >= 0.3 is 0 Å². The summed E-state index contributed by atoms with van der Waals surface area (Å²) in [5, 5.41) is 7.15. The van der Waals surface area contributed by atoms with Crippen LogP contribution in [0.5, 0.6) is 5.75 Å². The molecule has 3 aromatic rings. The van der Waals surface area contributed by atoms with Crippen LogP contribution in [0.3, 0.4) is 0 Å². The first-order valence-corrected chi connectivity index (χ1v) is 10.2. The largest absolute Gasteiger partial charge is 0.494 e. The van der Waals surface area contributed by atoms with E-state index in [4.69, 9.17) is 22.8 Å². The summed E-state index contributed by atoms with van der Waals surface area (Å²) in [6.07, 6.45) is 9.51. The second kappa shape index (κ2) is 8.78. The summed E-state index contributed by atoms with van der Waals surface area (Å²) in [4.78, 5) is 20.5. The molecule has 1 aliphatic carbocycles. The second-order valence-corrected chi connectivity index (χ2v) is 7.72. The van der Waals surface area contributed by atoms with Gasteiger partial charge in [0, 0.05) is 29.2 Å². The number of hydrogen-bond acceptors (Lipinski definition) is 5. The highest BCUT2D eigenvalue weighted by Gasteiger charge is 2.28. The predicted octanol–water partition coefficient (Wildman–Crippen LogP) is 4.18. The fourth-order valence-electron chi connectivity index (χ4n) is 3.90. The Morgan fingerprint density at radius 1 is 1.29 bits per heavy atom. The van der Waals surface area contributed by atoms with Crippen LogP contribution in [0.1, 0.15) is 19.3 Å². The van der Waals surface area contributed by atoms with E-state index in [1.807, 2.05) is 0 Å². The van der Waals surface area contributed by atoms with E-state index in [2.05, 4.69) is 26.5 Å². The maximum absolute atomic E-state index is 14.8. The molecule has 0 bridgehead atoms. The highest BCUT2D eigenvalue weighted by Crippen LogP contribution is 2.36. The number of carbonyl (C=O) groups excluding carboxylic acids is 1. The summed E-state index contributed by atoms with van der Waals surface area (Å²) in [5.41, 5.74) is 1.57. The number of nitrogens with one attached hydrogen (secondary N) is 2. The summed E-state index contributed by atoms with van der Waals surface area (Å²) in [6, 6.07) is 8.36. The van der Waals surface area contributed by atoms with E-state index in [9.17, 15) is 9.18 Å². The Hall–Kier alpha value is -3.37. The maximum Gasteiger partial charge on any atom is 0.295 e. The third-order valence-electron chi connectivity index (χ3n) is 5.42. The van der Waals surface area contributed by atoms with Crippen molar-refractivity contribution in [2.24, 2.45) is 0 Å². The Balaban J connectivity index is 1.60. The van der Waals surface area contributed by atoms with Crippen molar-refractivity contribution in [1.82, 2.24) is 15.3 Å². The van der Waals surface area contributed by atoms with Crippen LogP contribution in [-0.2, 0) is 4.79 Å². The van der Waals surface area contributed by atoms with E-state index < -0.39 is 11.7 Å². The summed E-state index contributed by atoms with van der Waals surface area (Å²) in [5.74, 6) is 1.72. The molecule has 2 N–H and O–H groups in total. The van der Waals surface area contributed by atoms with Crippen molar-refractivity contribution in [1.29, 1.82) is 0 Å². The van der Waals surface area contributed by atoms with Crippen LogP contribution in [-0.4, -0.2) is 35.1 Å². The van der Waals surface area contributed by atoms with Gasteiger partial charge in [-0.15, -0.1) is 6.42 Å². The zero-order chi connectivity index (χ0) is 22.0. The van der Waals surface area contributed by atoms with E-state index in [-0.39, 0.29) is 28.4 Å². The van der Waals surface area contributed by atoms with Crippen LogP contribution in [0.2, 0.25) is 5.02 Å². The third kappa shape index (κ3) is 4.25. The molecule has 1 heterocycles. The monoisotopic (exact) mass is 438 g/mol. The number of carbonyl (C=O) groups is 1. The van der Waals surface area contributed by atoms with Gasteiger partial charge < -0.3 is 15.4 Å². The van der Waals surface area contributed by atoms with Crippen molar-refractivity contribution in [3.8, 4) is 29.2 Å². The van der Waals surface area contributed by atoms with Crippen molar-refractivity contribution in [2.75, 3.05) is 12.4 Å².